The summed E-state index contributed by atoms with van der Waals surface area (Å²) in [5, 5.41) is 3.87. The van der Waals surface area contributed by atoms with Gasteiger partial charge in [-0.2, -0.15) is 0 Å². The van der Waals surface area contributed by atoms with Gasteiger partial charge in [-0.05, 0) is 40.3 Å². The summed E-state index contributed by atoms with van der Waals surface area (Å²) in [6.07, 6.45) is 3.54. The lowest BCUT2D eigenvalue weighted by Crippen LogP contribution is -2.03. The zero-order valence-corrected chi connectivity index (χ0v) is 11.2. The predicted octanol–water partition coefficient (Wildman–Crippen LogP) is 3.35. The fraction of sp³-hybridized carbons (Fsp3) is 0.0909. The number of benzene rings is 1. The molecule has 0 atom stereocenters. The van der Waals surface area contributed by atoms with E-state index in [4.69, 9.17) is 11.6 Å². The van der Waals surface area contributed by atoms with Crippen LogP contribution in [0.25, 0.3) is 0 Å². The number of nitrogens with one attached hydrogen (secondary N) is 1. The Labute approximate surface area is 112 Å². The quantitative estimate of drug-likeness (QED) is 0.867. The highest BCUT2D eigenvalue weighted by molar-refractivity contribution is 14.1. The van der Waals surface area contributed by atoms with Crippen LogP contribution < -0.4 is 5.32 Å². The molecular formula is C11H9ClIN3. The Morgan fingerprint density at radius 1 is 1.25 bits per heavy atom. The summed E-state index contributed by atoms with van der Waals surface area (Å²) in [7, 11) is 0. The number of nitrogens with zero attached hydrogens (tertiary/aromatic N) is 2. The molecule has 1 aromatic carbocycles. The van der Waals surface area contributed by atoms with E-state index in [1.165, 1.54) is 0 Å². The van der Waals surface area contributed by atoms with Gasteiger partial charge in [0.25, 0.3) is 0 Å². The van der Waals surface area contributed by atoms with Crippen molar-refractivity contribution in [3.8, 4) is 0 Å². The van der Waals surface area contributed by atoms with Gasteiger partial charge >= 0.3 is 0 Å². The van der Waals surface area contributed by atoms with Crippen molar-refractivity contribution in [3.05, 3.63) is 50.8 Å². The molecule has 1 N–H and O–H groups in total. The van der Waals surface area contributed by atoms with Crippen LogP contribution in [-0.2, 0) is 6.54 Å². The molecule has 5 heteroatoms. The van der Waals surface area contributed by atoms with E-state index < -0.39 is 0 Å². The van der Waals surface area contributed by atoms with Crippen molar-refractivity contribution in [1.29, 1.82) is 0 Å². The third-order valence-corrected chi connectivity index (χ3v) is 2.75. The number of rotatable bonds is 3. The third-order valence-electron chi connectivity index (χ3n) is 1.96. The van der Waals surface area contributed by atoms with Gasteiger partial charge in [0.2, 0.25) is 5.95 Å². The van der Waals surface area contributed by atoms with Crippen LogP contribution in [-0.4, -0.2) is 9.97 Å². The van der Waals surface area contributed by atoms with Crippen molar-refractivity contribution < 1.29 is 0 Å². The minimum atomic E-state index is 0.625. The Balaban J connectivity index is 1.99. The normalized spacial score (nSPS) is 10.1. The first-order valence-corrected chi connectivity index (χ1v) is 6.15. The summed E-state index contributed by atoms with van der Waals surface area (Å²) in [6, 6.07) is 7.70. The maximum Gasteiger partial charge on any atom is 0.222 e. The highest BCUT2D eigenvalue weighted by atomic mass is 127. The summed E-state index contributed by atoms with van der Waals surface area (Å²) in [5.41, 5.74) is 1.11. The van der Waals surface area contributed by atoms with Gasteiger partial charge in [-0.1, -0.05) is 23.7 Å². The molecule has 0 spiro atoms. The van der Waals surface area contributed by atoms with Crippen LogP contribution in [0.15, 0.2) is 36.7 Å². The minimum absolute atomic E-state index is 0.625. The standard InChI is InChI=1S/C11H9ClIN3/c12-9-3-1-2-8(4-9)5-14-11-15-6-10(13)7-16-11/h1-4,6-7H,5H2,(H,14,15,16). The maximum atomic E-state index is 5.89. The van der Waals surface area contributed by atoms with Crippen molar-refractivity contribution in [2.24, 2.45) is 0 Å². The molecule has 0 radical (unpaired) electrons. The molecule has 0 aliphatic rings. The Kier molecular flexibility index (Phi) is 3.95. The fourth-order valence-electron chi connectivity index (χ4n) is 1.23. The number of anilines is 1. The highest BCUT2D eigenvalue weighted by Gasteiger charge is 1.97. The molecule has 0 aliphatic carbocycles. The van der Waals surface area contributed by atoms with E-state index in [0.717, 1.165) is 14.2 Å². The lowest BCUT2D eigenvalue weighted by Gasteiger charge is -2.04. The summed E-state index contributed by atoms with van der Waals surface area (Å²) < 4.78 is 1.02. The number of halogens is 2. The molecule has 0 saturated heterocycles. The predicted molar refractivity (Wildman–Crippen MR) is 73.5 cm³/mol. The second-order valence-corrected chi connectivity index (χ2v) is 4.89. The SMILES string of the molecule is Clc1cccc(CNc2ncc(I)cn2)c1. The molecule has 0 unspecified atom stereocenters. The van der Waals surface area contributed by atoms with Gasteiger partial charge in [0, 0.05) is 27.5 Å². The van der Waals surface area contributed by atoms with Crippen molar-refractivity contribution in [2.75, 3.05) is 5.32 Å². The lowest BCUT2D eigenvalue weighted by molar-refractivity contribution is 1.05. The smallest absolute Gasteiger partial charge is 0.222 e. The van der Waals surface area contributed by atoms with E-state index in [-0.39, 0.29) is 0 Å². The zero-order valence-electron chi connectivity index (χ0n) is 8.32. The van der Waals surface area contributed by atoms with Crippen LogP contribution >= 0.6 is 34.2 Å². The fourth-order valence-corrected chi connectivity index (χ4v) is 1.72. The number of aromatic nitrogens is 2. The minimum Gasteiger partial charge on any atom is -0.350 e. The van der Waals surface area contributed by atoms with Crippen LogP contribution in [0.1, 0.15) is 5.56 Å². The van der Waals surface area contributed by atoms with E-state index >= 15 is 0 Å². The molecule has 1 aromatic heterocycles. The van der Waals surface area contributed by atoms with Gasteiger partial charge in [0.15, 0.2) is 0 Å². The molecule has 0 amide bonds. The van der Waals surface area contributed by atoms with Crippen LogP contribution in [0.5, 0.6) is 0 Å². The summed E-state index contributed by atoms with van der Waals surface area (Å²) >= 11 is 8.06. The maximum absolute atomic E-state index is 5.89. The van der Waals surface area contributed by atoms with E-state index in [1.54, 1.807) is 12.4 Å². The van der Waals surface area contributed by atoms with Gasteiger partial charge in [0.05, 0.1) is 0 Å². The first-order valence-electron chi connectivity index (χ1n) is 4.70. The molecule has 2 aromatic rings. The third kappa shape index (κ3) is 3.31. The molecule has 16 heavy (non-hydrogen) atoms. The van der Waals surface area contributed by atoms with Crippen LogP contribution in [0, 0.1) is 3.57 Å². The van der Waals surface area contributed by atoms with Crippen molar-refractivity contribution in [2.45, 2.75) is 6.54 Å². The average molecular weight is 346 g/mol. The van der Waals surface area contributed by atoms with E-state index in [2.05, 4.69) is 37.9 Å². The van der Waals surface area contributed by atoms with Crippen molar-refractivity contribution in [3.63, 3.8) is 0 Å². The van der Waals surface area contributed by atoms with Gasteiger partial charge < -0.3 is 5.32 Å². The summed E-state index contributed by atoms with van der Waals surface area (Å²) in [6.45, 7) is 0.668. The summed E-state index contributed by atoms with van der Waals surface area (Å²) in [5.74, 6) is 0.625. The molecule has 3 nitrogen and oxygen atoms in total. The van der Waals surface area contributed by atoms with Crippen molar-refractivity contribution in [1.82, 2.24) is 9.97 Å². The molecule has 0 aliphatic heterocycles. The van der Waals surface area contributed by atoms with E-state index in [1.807, 2.05) is 24.3 Å². The van der Waals surface area contributed by atoms with Gasteiger partial charge in [-0.25, -0.2) is 9.97 Å². The Bertz CT molecular complexity index is 473. The molecule has 2 rings (SSSR count). The number of hydrogen-bond acceptors (Lipinski definition) is 3. The van der Waals surface area contributed by atoms with Crippen LogP contribution in [0.3, 0.4) is 0 Å². The second kappa shape index (κ2) is 5.45. The first-order chi connectivity index (χ1) is 7.74. The Morgan fingerprint density at radius 3 is 2.69 bits per heavy atom. The van der Waals surface area contributed by atoms with Gasteiger partial charge in [-0.15, -0.1) is 0 Å². The second-order valence-electron chi connectivity index (χ2n) is 3.21. The molecule has 0 saturated carbocycles. The molecular weight excluding hydrogens is 336 g/mol. The van der Waals surface area contributed by atoms with Crippen LogP contribution in [0.2, 0.25) is 5.02 Å². The van der Waals surface area contributed by atoms with Crippen molar-refractivity contribution >= 4 is 40.1 Å². The first kappa shape index (κ1) is 11.6. The molecule has 0 bridgehead atoms. The molecule has 1 heterocycles. The molecule has 82 valence electrons. The largest absolute Gasteiger partial charge is 0.350 e. The Hall–Kier alpha value is -0.880. The topological polar surface area (TPSA) is 37.8 Å². The summed E-state index contributed by atoms with van der Waals surface area (Å²) in [4.78, 5) is 8.31. The molecule has 0 fully saturated rings. The Morgan fingerprint density at radius 2 is 2.00 bits per heavy atom. The number of hydrogen-bond donors (Lipinski definition) is 1. The zero-order chi connectivity index (χ0) is 11.4. The van der Waals surface area contributed by atoms with Gasteiger partial charge in [0.1, 0.15) is 0 Å². The highest BCUT2D eigenvalue weighted by Crippen LogP contribution is 2.11. The van der Waals surface area contributed by atoms with Gasteiger partial charge in [-0.3, -0.25) is 0 Å². The average Bonchev–Trinajstić information content (AvgIpc) is 2.28. The van der Waals surface area contributed by atoms with E-state index in [0.29, 0.717) is 12.5 Å². The van der Waals surface area contributed by atoms with E-state index in [9.17, 15) is 0 Å². The van der Waals surface area contributed by atoms with Crippen LogP contribution in [0.4, 0.5) is 5.95 Å². The lowest BCUT2D eigenvalue weighted by atomic mass is 10.2. The monoisotopic (exact) mass is 345 g/mol.